The first kappa shape index (κ1) is 27.8. The first-order valence-electron chi connectivity index (χ1n) is 14.5. The van der Waals surface area contributed by atoms with Crippen LogP contribution < -0.4 is 0 Å². The van der Waals surface area contributed by atoms with Gasteiger partial charge in [0, 0.05) is 35.2 Å². The zero-order valence-electron chi connectivity index (χ0n) is 22.8. The van der Waals surface area contributed by atoms with Gasteiger partial charge >= 0.3 is 0 Å². The fourth-order valence-corrected chi connectivity index (χ4v) is 9.55. The van der Waals surface area contributed by atoms with Gasteiger partial charge in [-0.1, -0.05) is 82.7 Å². The van der Waals surface area contributed by atoms with E-state index in [-0.39, 0.29) is 0 Å². The predicted molar refractivity (Wildman–Crippen MR) is 175 cm³/mol. The van der Waals surface area contributed by atoms with Gasteiger partial charge in [-0.3, -0.25) is 0 Å². The molecule has 38 heavy (non-hydrogen) atoms. The number of hydrogen-bond donors (Lipinski definition) is 0. The summed E-state index contributed by atoms with van der Waals surface area (Å²) in [5.74, 6) is 0.503. The van der Waals surface area contributed by atoms with Gasteiger partial charge < -0.3 is 0 Å². The van der Waals surface area contributed by atoms with Crippen molar-refractivity contribution in [1.82, 2.24) is 0 Å². The maximum absolute atomic E-state index is 2.54. The average Bonchev–Trinajstić information content (AvgIpc) is 3.75. The Morgan fingerprint density at radius 3 is 1.92 bits per heavy atom. The fraction of sp³-hybridized carbons (Fsp3) is 0.412. The Balaban J connectivity index is 1.36. The summed E-state index contributed by atoms with van der Waals surface area (Å²) >= 11 is 7.77. The van der Waals surface area contributed by atoms with Gasteiger partial charge in [0.25, 0.3) is 0 Å². The largest absolute Gasteiger partial charge is 0.143 e. The Morgan fingerprint density at radius 1 is 0.711 bits per heavy atom. The van der Waals surface area contributed by atoms with E-state index in [0.717, 1.165) is 6.42 Å². The van der Waals surface area contributed by atoms with Crippen molar-refractivity contribution in [1.29, 1.82) is 0 Å². The molecule has 0 spiro atoms. The predicted octanol–water partition coefficient (Wildman–Crippen LogP) is 12.6. The zero-order valence-corrected chi connectivity index (χ0v) is 26.1. The van der Waals surface area contributed by atoms with E-state index in [2.05, 4.69) is 79.2 Å². The lowest BCUT2D eigenvalue weighted by Crippen LogP contribution is -2.00. The van der Waals surface area contributed by atoms with Crippen LogP contribution in [0.15, 0.2) is 65.4 Å². The molecule has 4 aromatic heterocycles. The second kappa shape index (κ2) is 14.1. The van der Waals surface area contributed by atoms with Gasteiger partial charge in [0.1, 0.15) is 0 Å². The van der Waals surface area contributed by atoms with E-state index in [1.165, 1.54) is 94.2 Å². The second-order valence-corrected chi connectivity index (χ2v) is 14.4. The molecule has 0 radical (unpaired) electrons. The highest BCUT2D eigenvalue weighted by molar-refractivity contribution is 7.22. The third-order valence-corrected chi connectivity index (χ3v) is 12.1. The lowest BCUT2D eigenvalue weighted by molar-refractivity contribution is 0.664. The molecule has 0 aliphatic heterocycles. The van der Waals surface area contributed by atoms with E-state index in [1.807, 2.05) is 45.3 Å². The molecular formula is C34H40S4. The molecule has 1 atom stereocenters. The van der Waals surface area contributed by atoms with Crippen molar-refractivity contribution in [2.45, 2.75) is 90.4 Å². The van der Waals surface area contributed by atoms with E-state index in [0.29, 0.717) is 5.92 Å². The van der Waals surface area contributed by atoms with Crippen LogP contribution in [-0.4, -0.2) is 0 Å². The first-order valence-corrected chi connectivity index (χ1v) is 17.9. The van der Waals surface area contributed by atoms with Crippen molar-refractivity contribution in [3.8, 4) is 19.5 Å². The SMILES string of the molecule is CCCCCCc1cc(-c2cccs2)sc1C1=CCC(c2sc(-c3cccs3)cc2CCCCCC)C=C1. The Morgan fingerprint density at radius 2 is 1.34 bits per heavy atom. The summed E-state index contributed by atoms with van der Waals surface area (Å²) < 4.78 is 0. The van der Waals surface area contributed by atoms with Crippen molar-refractivity contribution in [2.75, 3.05) is 0 Å². The Bertz CT molecular complexity index is 1310. The lowest BCUT2D eigenvalue weighted by atomic mass is 9.90. The second-order valence-electron chi connectivity index (χ2n) is 10.4. The highest BCUT2D eigenvalue weighted by Gasteiger charge is 2.21. The van der Waals surface area contributed by atoms with Gasteiger partial charge in [-0.2, -0.15) is 0 Å². The topological polar surface area (TPSA) is 0 Å². The number of allylic oxidation sites excluding steroid dienone is 4. The zero-order chi connectivity index (χ0) is 26.2. The fourth-order valence-electron chi connectivity index (χ4n) is 5.36. The third kappa shape index (κ3) is 6.88. The summed E-state index contributed by atoms with van der Waals surface area (Å²) in [5, 5.41) is 4.40. The standard InChI is InChI=1S/C34H40S4/c1-3-5-7-9-13-27-23-31(29-15-11-21-35-29)37-33(27)25-17-19-26(20-18-25)34-28(14-10-8-6-4-2)24-32(38-34)30-16-12-22-36-30/h11-12,15-19,21-24,26H,3-10,13-14,20H2,1-2H3. The minimum atomic E-state index is 0.503. The normalized spacial score (nSPS) is 15.3. The van der Waals surface area contributed by atoms with Crippen LogP contribution in [0.4, 0.5) is 0 Å². The lowest BCUT2D eigenvalue weighted by Gasteiger charge is -2.17. The van der Waals surface area contributed by atoms with E-state index >= 15 is 0 Å². The summed E-state index contributed by atoms with van der Waals surface area (Å²) in [6, 6.07) is 13.9. The maximum Gasteiger partial charge on any atom is 0.0452 e. The van der Waals surface area contributed by atoms with Crippen LogP contribution in [0, 0.1) is 0 Å². The van der Waals surface area contributed by atoms with E-state index in [4.69, 9.17) is 0 Å². The van der Waals surface area contributed by atoms with E-state index in [1.54, 1.807) is 16.0 Å². The highest BCUT2D eigenvalue weighted by Crippen LogP contribution is 2.44. The molecule has 1 aliphatic rings. The molecule has 1 unspecified atom stereocenters. The molecule has 0 amide bonds. The van der Waals surface area contributed by atoms with Crippen LogP contribution in [0.1, 0.15) is 98.4 Å². The number of hydrogen-bond acceptors (Lipinski definition) is 4. The molecular weight excluding hydrogens is 537 g/mol. The quantitative estimate of drug-likeness (QED) is 0.131. The molecule has 0 fully saturated rings. The molecule has 0 N–H and O–H groups in total. The molecule has 0 nitrogen and oxygen atoms in total. The smallest absolute Gasteiger partial charge is 0.0452 e. The maximum atomic E-state index is 2.54. The number of thiophene rings is 4. The van der Waals surface area contributed by atoms with E-state index < -0.39 is 0 Å². The molecule has 200 valence electrons. The van der Waals surface area contributed by atoms with Crippen molar-refractivity contribution >= 4 is 50.9 Å². The molecule has 0 saturated carbocycles. The van der Waals surface area contributed by atoms with Gasteiger partial charge in [-0.15, -0.1) is 45.3 Å². The van der Waals surface area contributed by atoms with Crippen molar-refractivity contribution in [3.05, 3.63) is 86.3 Å². The van der Waals surface area contributed by atoms with Gasteiger partial charge in [-0.05, 0) is 83.8 Å². The highest BCUT2D eigenvalue weighted by atomic mass is 32.1. The molecule has 0 aromatic carbocycles. The van der Waals surface area contributed by atoms with Crippen LogP contribution in [0.5, 0.6) is 0 Å². The average molecular weight is 577 g/mol. The van der Waals surface area contributed by atoms with Crippen molar-refractivity contribution in [3.63, 3.8) is 0 Å². The molecule has 1 aliphatic carbocycles. The summed E-state index contributed by atoms with van der Waals surface area (Å²) in [5.41, 5.74) is 4.59. The van der Waals surface area contributed by atoms with Gasteiger partial charge in [-0.25, -0.2) is 0 Å². The van der Waals surface area contributed by atoms with Crippen molar-refractivity contribution < 1.29 is 0 Å². The summed E-state index contributed by atoms with van der Waals surface area (Å²) in [6.45, 7) is 4.60. The van der Waals surface area contributed by atoms with Gasteiger partial charge in [0.2, 0.25) is 0 Å². The van der Waals surface area contributed by atoms with Crippen LogP contribution in [0.2, 0.25) is 0 Å². The molecule has 4 aromatic rings. The minimum absolute atomic E-state index is 0.503. The van der Waals surface area contributed by atoms with Gasteiger partial charge in [0.05, 0.1) is 0 Å². The van der Waals surface area contributed by atoms with Crippen LogP contribution in [-0.2, 0) is 12.8 Å². The molecule has 0 bridgehead atoms. The number of unbranched alkanes of at least 4 members (excludes halogenated alkanes) is 6. The molecule has 5 rings (SSSR count). The number of rotatable bonds is 14. The molecule has 4 heterocycles. The van der Waals surface area contributed by atoms with Crippen LogP contribution in [0.3, 0.4) is 0 Å². The number of aryl methyl sites for hydroxylation is 2. The minimum Gasteiger partial charge on any atom is -0.143 e. The Labute approximate surface area is 245 Å². The van der Waals surface area contributed by atoms with Gasteiger partial charge in [0.15, 0.2) is 0 Å². The third-order valence-electron chi connectivity index (χ3n) is 7.48. The summed E-state index contributed by atoms with van der Waals surface area (Å²) in [7, 11) is 0. The first-order chi connectivity index (χ1) is 18.8. The van der Waals surface area contributed by atoms with Crippen LogP contribution >= 0.6 is 45.3 Å². The summed E-state index contributed by atoms with van der Waals surface area (Å²) in [4.78, 5) is 8.81. The molecule has 0 saturated heterocycles. The van der Waals surface area contributed by atoms with E-state index in [9.17, 15) is 0 Å². The molecule has 4 heteroatoms. The Hall–Kier alpha value is -1.72. The summed E-state index contributed by atoms with van der Waals surface area (Å²) in [6.07, 6.45) is 21.6. The Kier molecular flexibility index (Phi) is 10.3. The van der Waals surface area contributed by atoms with Crippen LogP contribution in [0.25, 0.3) is 25.1 Å². The van der Waals surface area contributed by atoms with Crippen molar-refractivity contribution in [2.24, 2.45) is 0 Å². The monoisotopic (exact) mass is 576 g/mol.